The quantitative estimate of drug-likeness (QED) is 0.845. The maximum Gasteiger partial charge on any atom is 0.225 e. The van der Waals surface area contributed by atoms with E-state index in [2.05, 4.69) is 10.2 Å². The number of hydrogen-bond donors (Lipinski definition) is 1. The van der Waals surface area contributed by atoms with Gasteiger partial charge in [0.2, 0.25) is 5.91 Å². The summed E-state index contributed by atoms with van der Waals surface area (Å²) < 4.78 is 5.27. The molecule has 0 aromatic carbocycles. The number of amides is 1. The van der Waals surface area contributed by atoms with Crippen LogP contribution >= 0.6 is 0 Å². The Balaban J connectivity index is 1.29. The average molecular weight is 294 g/mol. The normalized spacial score (nSPS) is 29.0. The number of nitrogens with zero attached hydrogens (tertiary/aromatic N) is 1. The van der Waals surface area contributed by atoms with E-state index in [-0.39, 0.29) is 11.8 Å². The van der Waals surface area contributed by atoms with Crippen LogP contribution in [-0.4, -0.2) is 49.7 Å². The first kappa shape index (κ1) is 15.3. The van der Waals surface area contributed by atoms with Gasteiger partial charge in [-0.05, 0) is 57.5 Å². The standard InChI is InChI=1S/C17H30N2O2/c20-17(15-8-12-21-13-15)18-9-5-14-6-10-19(11-7-14)16-3-1-2-4-16/h14-16H,1-13H2,(H,18,20)/t15-/m1/s1. The molecule has 0 bridgehead atoms. The molecule has 2 saturated heterocycles. The van der Waals surface area contributed by atoms with Crippen molar-refractivity contribution in [3.05, 3.63) is 0 Å². The van der Waals surface area contributed by atoms with E-state index in [0.717, 1.165) is 38.0 Å². The van der Waals surface area contributed by atoms with Gasteiger partial charge < -0.3 is 15.0 Å². The molecule has 1 saturated carbocycles. The molecule has 0 spiro atoms. The predicted octanol–water partition coefficient (Wildman–Crippen LogP) is 2.18. The number of piperidine rings is 1. The fourth-order valence-electron chi connectivity index (χ4n) is 4.16. The lowest BCUT2D eigenvalue weighted by atomic mass is 9.92. The van der Waals surface area contributed by atoms with Gasteiger partial charge in [-0.2, -0.15) is 0 Å². The Morgan fingerprint density at radius 1 is 1.10 bits per heavy atom. The Labute approximate surface area is 128 Å². The summed E-state index contributed by atoms with van der Waals surface area (Å²) in [6, 6.07) is 0.882. The predicted molar refractivity (Wildman–Crippen MR) is 83.1 cm³/mol. The third kappa shape index (κ3) is 4.19. The van der Waals surface area contributed by atoms with E-state index in [0.29, 0.717) is 6.61 Å². The molecule has 4 heteroatoms. The number of likely N-dealkylation sites (tertiary alicyclic amines) is 1. The lowest BCUT2D eigenvalue weighted by Gasteiger charge is -2.36. The number of carbonyl (C=O) groups is 1. The minimum atomic E-state index is 0.106. The molecule has 0 aromatic rings. The van der Waals surface area contributed by atoms with Gasteiger partial charge in [0.1, 0.15) is 0 Å². The Morgan fingerprint density at radius 2 is 1.86 bits per heavy atom. The van der Waals surface area contributed by atoms with Gasteiger partial charge in [0.05, 0.1) is 12.5 Å². The lowest BCUT2D eigenvalue weighted by Crippen LogP contribution is -2.41. The van der Waals surface area contributed by atoms with Gasteiger partial charge in [-0.3, -0.25) is 4.79 Å². The van der Waals surface area contributed by atoms with E-state index >= 15 is 0 Å². The summed E-state index contributed by atoms with van der Waals surface area (Å²) >= 11 is 0. The number of hydrogen-bond acceptors (Lipinski definition) is 3. The molecule has 2 heterocycles. The van der Waals surface area contributed by atoms with Crippen molar-refractivity contribution in [3.63, 3.8) is 0 Å². The van der Waals surface area contributed by atoms with Crippen LogP contribution in [0.5, 0.6) is 0 Å². The molecular formula is C17H30N2O2. The summed E-state index contributed by atoms with van der Waals surface area (Å²) in [5.41, 5.74) is 0. The van der Waals surface area contributed by atoms with Crippen LogP contribution in [0.25, 0.3) is 0 Å². The van der Waals surface area contributed by atoms with E-state index in [1.165, 1.54) is 51.6 Å². The van der Waals surface area contributed by atoms with Crippen LogP contribution in [0.2, 0.25) is 0 Å². The zero-order valence-electron chi connectivity index (χ0n) is 13.2. The molecule has 3 rings (SSSR count). The highest BCUT2D eigenvalue weighted by Gasteiger charge is 2.27. The molecule has 1 aliphatic carbocycles. The Kier molecular flexibility index (Phi) is 5.53. The highest BCUT2D eigenvalue weighted by Crippen LogP contribution is 2.28. The van der Waals surface area contributed by atoms with Crippen LogP contribution in [-0.2, 0) is 9.53 Å². The Morgan fingerprint density at radius 3 is 2.52 bits per heavy atom. The number of carbonyl (C=O) groups excluding carboxylic acids is 1. The molecule has 0 unspecified atom stereocenters. The van der Waals surface area contributed by atoms with Gasteiger partial charge in [-0.1, -0.05) is 12.8 Å². The lowest BCUT2D eigenvalue weighted by molar-refractivity contribution is -0.125. The molecule has 1 atom stereocenters. The highest BCUT2D eigenvalue weighted by molar-refractivity contribution is 5.78. The van der Waals surface area contributed by atoms with Crippen LogP contribution in [0, 0.1) is 11.8 Å². The third-order valence-corrected chi connectivity index (χ3v) is 5.64. The molecule has 2 aliphatic heterocycles. The summed E-state index contributed by atoms with van der Waals surface area (Å²) in [5.74, 6) is 1.12. The zero-order valence-corrected chi connectivity index (χ0v) is 13.2. The summed E-state index contributed by atoms with van der Waals surface area (Å²) in [7, 11) is 0. The minimum absolute atomic E-state index is 0.106. The third-order valence-electron chi connectivity index (χ3n) is 5.64. The van der Waals surface area contributed by atoms with E-state index in [9.17, 15) is 4.79 Å². The fraction of sp³-hybridized carbons (Fsp3) is 0.941. The SMILES string of the molecule is O=C(NCCC1CCN(C2CCCC2)CC1)[C@@H]1CCOC1. The van der Waals surface area contributed by atoms with Crippen molar-refractivity contribution >= 4 is 5.91 Å². The molecule has 1 N–H and O–H groups in total. The summed E-state index contributed by atoms with van der Waals surface area (Å²) in [6.45, 7) is 4.77. The molecule has 3 aliphatic rings. The Hall–Kier alpha value is -0.610. The van der Waals surface area contributed by atoms with Crippen molar-refractivity contribution in [1.29, 1.82) is 0 Å². The molecule has 3 fully saturated rings. The van der Waals surface area contributed by atoms with Gasteiger partial charge in [-0.25, -0.2) is 0 Å². The van der Waals surface area contributed by atoms with Crippen LogP contribution in [0.4, 0.5) is 0 Å². The summed E-state index contributed by atoms with van der Waals surface area (Å²) in [6.07, 6.45) is 10.4. The van der Waals surface area contributed by atoms with Gasteiger partial charge in [0.15, 0.2) is 0 Å². The second-order valence-electron chi connectivity index (χ2n) is 7.06. The smallest absolute Gasteiger partial charge is 0.225 e. The highest BCUT2D eigenvalue weighted by atomic mass is 16.5. The van der Waals surface area contributed by atoms with Crippen molar-refractivity contribution < 1.29 is 9.53 Å². The maximum atomic E-state index is 11.9. The van der Waals surface area contributed by atoms with Crippen molar-refractivity contribution in [2.24, 2.45) is 11.8 Å². The maximum absolute atomic E-state index is 11.9. The molecule has 4 nitrogen and oxygen atoms in total. The molecule has 21 heavy (non-hydrogen) atoms. The molecule has 120 valence electrons. The van der Waals surface area contributed by atoms with Crippen LogP contribution < -0.4 is 5.32 Å². The second-order valence-corrected chi connectivity index (χ2v) is 7.06. The average Bonchev–Trinajstić information content (AvgIpc) is 3.21. The molecular weight excluding hydrogens is 264 g/mol. The first-order valence-electron chi connectivity index (χ1n) is 8.92. The van der Waals surface area contributed by atoms with E-state index in [1.807, 2.05) is 0 Å². The van der Waals surface area contributed by atoms with E-state index in [4.69, 9.17) is 4.74 Å². The monoisotopic (exact) mass is 294 g/mol. The van der Waals surface area contributed by atoms with Gasteiger partial charge in [-0.15, -0.1) is 0 Å². The van der Waals surface area contributed by atoms with Gasteiger partial charge >= 0.3 is 0 Å². The van der Waals surface area contributed by atoms with Crippen molar-refractivity contribution in [2.45, 2.75) is 57.4 Å². The van der Waals surface area contributed by atoms with Gasteiger partial charge in [0, 0.05) is 19.2 Å². The van der Waals surface area contributed by atoms with Crippen LogP contribution in [0.15, 0.2) is 0 Å². The number of nitrogens with one attached hydrogen (secondary N) is 1. The summed E-state index contributed by atoms with van der Waals surface area (Å²) in [4.78, 5) is 14.6. The van der Waals surface area contributed by atoms with Crippen molar-refractivity contribution in [2.75, 3.05) is 32.8 Å². The fourth-order valence-corrected chi connectivity index (χ4v) is 4.16. The Bertz CT molecular complexity index is 328. The topological polar surface area (TPSA) is 41.6 Å². The van der Waals surface area contributed by atoms with Gasteiger partial charge in [0.25, 0.3) is 0 Å². The number of ether oxygens (including phenoxy) is 1. The van der Waals surface area contributed by atoms with Crippen LogP contribution in [0.3, 0.4) is 0 Å². The zero-order chi connectivity index (χ0) is 14.5. The first-order chi connectivity index (χ1) is 10.3. The minimum Gasteiger partial charge on any atom is -0.381 e. The van der Waals surface area contributed by atoms with E-state index in [1.54, 1.807) is 0 Å². The first-order valence-corrected chi connectivity index (χ1v) is 8.92. The second kappa shape index (κ2) is 7.59. The molecule has 1 amide bonds. The summed E-state index contributed by atoms with van der Waals surface area (Å²) in [5, 5.41) is 3.11. The van der Waals surface area contributed by atoms with Crippen molar-refractivity contribution in [1.82, 2.24) is 10.2 Å². The molecule has 0 aromatic heterocycles. The largest absolute Gasteiger partial charge is 0.381 e. The molecule has 0 radical (unpaired) electrons. The van der Waals surface area contributed by atoms with E-state index < -0.39 is 0 Å². The van der Waals surface area contributed by atoms with Crippen molar-refractivity contribution in [3.8, 4) is 0 Å². The number of rotatable bonds is 5. The van der Waals surface area contributed by atoms with Crippen LogP contribution in [0.1, 0.15) is 51.4 Å².